The molecule has 0 radical (unpaired) electrons. The zero-order valence-corrected chi connectivity index (χ0v) is 17.7. The van der Waals surface area contributed by atoms with Crippen molar-refractivity contribution in [3.05, 3.63) is 86.4 Å². The van der Waals surface area contributed by atoms with Crippen molar-refractivity contribution in [3.8, 4) is 0 Å². The molecular formula is C22H16F3N3O4S. The molecule has 4 rings (SSSR count). The number of nitrogens with zero attached hydrogens (tertiary/aromatic N) is 3. The van der Waals surface area contributed by atoms with Crippen LogP contribution in [0.2, 0.25) is 0 Å². The number of thiophene rings is 1. The number of carbonyl (C=O) groups is 2. The molecular weight excluding hydrogens is 459 g/mol. The number of amides is 2. The number of benzene rings is 2. The lowest BCUT2D eigenvalue weighted by Crippen LogP contribution is -2.37. The van der Waals surface area contributed by atoms with E-state index < -0.39 is 45.8 Å². The van der Waals surface area contributed by atoms with Gasteiger partial charge in [0.1, 0.15) is 11.6 Å². The minimum Gasteiger partial charge on any atom is -0.311 e. The number of nitro benzene ring substituents is 1. The van der Waals surface area contributed by atoms with Crippen LogP contribution < -0.4 is 9.80 Å². The molecule has 1 saturated heterocycles. The number of anilines is 2. The molecule has 3 aromatic rings. The van der Waals surface area contributed by atoms with E-state index in [0.717, 1.165) is 34.0 Å². The summed E-state index contributed by atoms with van der Waals surface area (Å²) >= 11 is 1.35. The molecule has 2 aromatic carbocycles. The first-order valence-corrected chi connectivity index (χ1v) is 10.7. The van der Waals surface area contributed by atoms with Gasteiger partial charge in [-0.25, -0.2) is 8.78 Å². The van der Waals surface area contributed by atoms with Crippen molar-refractivity contribution in [2.24, 2.45) is 5.92 Å². The van der Waals surface area contributed by atoms with Gasteiger partial charge in [0.2, 0.25) is 17.6 Å². The van der Waals surface area contributed by atoms with E-state index in [4.69, 9.17) is 0 Å². The average Bonchev–Trinajstić information content (AvgIpc) is 3.42. The first-order chi connectivity index (χ1) is 15.7. The summed E-state index contributed by atoms with van der Waals surface area (Å²) in [7, 11) is 0. The van der Waals surface area contributed by atoms with E-state index in [9.17, 15) is 32.9 Å². The van der Waals surface area contributed by atoms with E-state index in [-0.39, 0.29) is 30.9 Å². The van der Waals surface area contributed by atoms with Crippen molar-refractivity contribution in [1.29, 1.82) is 0 Å². The lowest BCUT2D eigenvalue weighted by atomic mass is 10.1. The smallest absolute Gasteiger partial charge is 0.306 e. The molecule has 33 heavy (non-hydrogen) atoms. The second-order valence-electron chi connectivity index (χ2n) is 7.40. The van der Waals surface area contributed by atoms with Crippen molar-refractivity contribution in [2.75, 3.05) is 16.3 Å². The van der Waals surface area contributed by atoms with Gasteiger partial charge in [0.05, 0.1) is 28.8 Å². The summed E-state index contributed by atoms with van der Waals surface area (Å²) in [5.74, 6) is -4.68. The van der Waals surface area contributed by atoms with Crippen molar-refractivity contribution in [3.63, 3.8) is 0 Å². The molecule has 1 fully saturated rings. The van der Waals surface area contributed by atoms with Crippen LogP contribution in [0.1, 0.15) is 11.3 Å². The Labute approximate surface area is 189 Å². The monoisotopic (exact) mass is 475 g/mol. The van der Waals surface area contributed by atoms with Crippen LogP contribution in [0.25, 0.3) is 0 Å². The van der Waals surface area contributed by atoms with Crippen LogP contribution in [0, 0.1) is 33.5 Å². The molecule has 7 nitrogen and oxygen atoms in total. The topological polar surface area (TPSA) is 83.8 Å². The zero-order valence-electron chi connectivity index (χ0n) is 16.9. The molecule has 0 N–H and O–H groups in total. The van der Waals surface area contributed by atoms with Gasteiger partial charge in [0.15, 0.2) is 0 Å². The second-order valence-corrected chi connectivity index (χ2v) is 8.43. The molecule has 1 unspecified atom stereocenters. The second kappa shape index (κ2) is 9.02. The van der Waals surface area contributed by atoms with E-state index in [2.05, 4.69) is 0 Å². The maximum atomic E-state index is 14.5. The normalized spacial score (nSPS) is 15.7. The molecule has 0 bridgehead atoms. The fourth-order valence-electron chi connectivity index (χ4n) is 3.69. The third kappa shape index (κ3) is 4.58. The molecule has 2 amide bonds. The SMILES string of the molecule is O=C1CC(C(=O)N(Cc2cccs2)c2ccc(F)cc2F)CN1c1ccc(F)c([N+](=O)[O-])c1. The Hall–Kier alpha value is -3.73. The van der Waals surface area contributed by atoms with Gasteiger partial charge in [-0.2, -0.15) is 4.39 Å². The molecule has 2 heterocycles. The Balaban J connectivity index is 1.62. The Kier molecular flexibility index (Phi) is 6.14. The highest BCUT2D eigenvalue weighted by Crippen LogP contribution is 2.32. The van der Waals surface area contributed by atoms with Gasteiger partial charge < -0.3 is 9.80 Å². The highest BCUT2D eigenvalue weighted by atomic mass is 32.1. The van der Waals surface area contributed by atoms with Gasteiger partial charge >= 0.3 is 5.69 Å². The van der Waals surface area contributed by atoms with Crippen LogP contribution in [-0.4, -0.2) is 23.3 Å². The van der Waals surface area contributed by atoms with E-state index in [1.807, 2.05) is 0 Å². The minimum absolute atomic E-state index is 0.0196. The largest absolute Gasteiger partial charge is 0.311 e. The number of carbonyl (C=O) groups excluding carboxylic acids is 2. The number of halogens is 3. The van der Waals surface area contributed by atoms with E-state index in [0.29, 0.717) is 6.07 Å². The van der Waals surface area contributed by atoms with E-state index in [1.54, 1.807) is 17.5 Å². The fourth-order valence-corrected chi connectivity index (χ4v) is 4.38. The number of rotatable bonds is 6. The first-order valence-electron chi connectivity index (χ1n) is 9.77. The Morgan fingerprint density at radius 1 is 1.15 bits per heavy atom. The number of hydrogen-bond donors (Lipinski definition) is 0. The zero-order chi connectivity index (χ0) is 23.7. The predicted octanol–water partition coefficient (Wildman–Crippen LogP) is 4.66. The summed E-state index contributed by atoms with van der Waals surface area (Å²) in [6.07, 6.45) is -0.215. The van der Waals surface area contributed by atoms with Gasteiger partial charge in [0.25, 0.3) is 0 Å². The number of hydrogen-bond acceptors (Lipinski definition) is 5. The summed E-state index contributed by atoms with van der Waals surface area (Å²) in [6, 6.07) is 9.44. The van der Waals surface area contributed by atoms with Gasteiger partial charge in [0, 0.05) is 30.0 Å². The van der Waals surface area contributed by atoms with Gasteiger partial charge in [-0.15, -0.1) is 11.3 Å². The predicted molar refractivity (Wildman–Crippen MR) is 115 cm³/mol. The van der Waals surface area contributed by atoms with Gasteiger partial charge in [-0.05, 0) is 35.7 Å². The Morgan fingerprint density at radius 3 is 2.61 bits per heavy atom. The maximum absolute atomic E-state index is 14.5. The average molecular weight is 475 g/mol. The standard InChI is InChI=1S/C22H16F3N3O4S/c23-14-3-6-19(18(25)9-14)27(12-16-2-1-7-33-16)22(30)13-8-21(29)26(11-13)15-4-5-17(24)20(10-15)28(31)32/h1-7,9-10,13H,8,11-12H2. The fraction of sp³-hybridized carbons (Fsp3) is 0.182. The number of nitro groups is 1. The van der Waals surface area contributed by atoms with Crippen molar-refractivity contribution >= 4 is 40.2 Å². The third-order valence-electron chi connectivity index (χ3n) is 5.27. The van der Waals surface area contributed by atoms with Crippen LogP contribution in [0.3, 0.4) is 0 Å². The quantitative estimate of drug-likeness (QED) is 0.384. The summed E-state index contributed by atoms with van der Waals surface area (Å²) in [6.45, 7) is -0.101. The van der Waals surface area contributed by atoms with E-state index in [1.165, 1.54) is 22.3 Å². The molecule has 1 aromatic heterocycles. The van der Waals surface area contributed by atoms with Crippen molar-refractivity contribution in [1.82, 2.24) is 0 Å². The molecule has 1 aliphatic rings. The molecule has 1 atom stereocenters. The third-order valence-corrected chi connectivity index (χ3v) is 6.13. The molecule has 0 aliphatic carbocycles. The van der Waals surface area contributed by atoms with Crippen LogP contribution in [0.5, 0.6) is 0 Å². The Bertz CT molecular complexity index is 1240. The first kappa shape index (κ1) is 22.5. The molecule has 11 heteroatoms. The minimum atomic E-state index is -1.04. The van der Waals surface area contributed by atoms with Gasteiger partial charge in [-0.1, -0.05) is 6.07 Å². The lowest BCUT2D eigenvalue weighted by molar-refractivity contribution is -0.387. The molecule has 0 saturated carbocycles. The Morgan fingerprint density at radius 2 is 1.94 bits per heavy atom. The van der Waals surface area contributed by atoms with Crippen molar-refractivity contribution in [2.45, 2.75) is 13.0 Å². The summed E-state index contributed by atoms with van der Waals surface area (Å²) < 4.78 is 41.7. The van der Waals surface area contributed by atoms with Crippen LogP contribution in [-0.2, 0) is 16.1 Å². The molecule has 1 aliphatic heterocycles. The van der Waals surface area contributed by atoms with Gasteiger partial charge in [-0.3, -0.25) is 19.7 Å². The summed E-state index contributed by atoms with van der Waals surface area (Å²) in [5, 5.41) is 12.8. The molecule has 170 valence electrons. The van der Waals surface area contributed by atoms with Crippen molar-refractivity contribution < 1.29 is 27.7 Å². The highest BCUT2D eigenvalue weighted by molar-refractivity contribution is 7.09. The van der Waals surface area contributed by atoms with Crippen LogP contribution in [0.4, 0.5) is 30.2 Å². The highest BCUT2D eigenvalue weighted by Gasteiger charge is 2.39. The summed E-state index contributed by atoms with van der Waals surface area (Å²) in [5.41, 5.74) is -0.831. The van der Waals surface area contributed by atoms with Crippen LogP contribution >= 0.6 is 11.3 Å². The van der Waals surface area contributed by atoms with Crippen LogP contribution in [0.15, 0.2) is 53.9 Å². The van der Waals surface area contributed by atoms with E-state index >= 15 is 0 Å². The summed E-state index contributed by atoms with van der Waals surface area (Å²) in [4.78, 5) is 39.2. The molecule has 0 spiro atoms. The lowest BCUT2D eigenvalue weighted by Gasteiger charge is -2.26. The maximum Gasteiger partial charge on any atom is 0.306 e.